The van der Waals surface area contributed by atoms with E-state index < -0.39 is 0 Å². The number of hydrogen-bond donors (Lipinski definition) is 1. The molecule has 6 rings (SSSR count). The van der Waals surface area contributed by atoms with E-state index in [-0.39, 0.29) is 30.2 Å². The predicted molar refractivity (Wildman–Crippen MR) is 140 cm³/mol. The molecular formula is C28H29N5O4. The summed E-state index contributed by atoms with van der Waals surface area (Å²) in [6, 6.07) is 19.0. The van der Waals surface area contributed by atoms with Crippen LogP contribution in [0.3, 0.4) is 0 Å². The number of H-pyrrole nitrogens is 1. The smallest absolute Gasteiger partial charge is 0.326 e. The molecule has 4 aromatic rings. The molecule has 2 aromatic heterocycles. The Bertz CT molecular complexity index is 1480. The quantitative estimate of drug-likeness (QED) is 0.434. The number of fused-ring (bicyclic) bond motifs is 1. The number of piperidine rings is 1. The van der Waals surface area contributed by atoms with Gasteiger partial charge in [-0.1, -0.05) is 12.1 Å². The second-order valence-corrected chi connectivity index (χ2v) is 9.57. The van der Waals surface area contributed by atoms with Crippen molar-refractivity contribution in [3.8, 4) is 5.75 Å². The van der Waals surface area contributed by atoms with Gasteiger partial charge in [0, 0.05) is 25.6 Å². The minimum Gasteiger partial charge on any atom is -0.497 e. The second kappa shape index (κ2) is 9.74. The lowest BCUT2D eigenvalue weighted by molar-refractivity contribution is -0.134. The van der Waals surface area contributed by atoms with Gasteiger partial charge in [0.05, 0.1) is 36.7 Å². The Morgan fingerprint density at radius 2 is 1.86 bits per heavy atom. The molecule has 1 amide bonds. The largest absolute Gasteiger partial charge is 0.497 e. The third kappa shape index (κ3) is 4.46. The van der Waals surface area contributed by atoms with Gasteiger partial charge in [0.2, 0.25) is 0 Å². The van der Waals surface area contributed by atoms with E-state index in [9.17, 15) is 9.59 Å². The Labute approximate surface area is 213 Å². The van der Waals surface area contributed by atoms with Gasteiger partial charge in [-0.2, -0.15) is 5.10 Å². The number of imidazole rings is 1. The zero-order valence-electron chi connectivity index (χ0n) is 20.7. The standard InChI is InChI=1S/C28H29N5O4/c1-36-21-10-8-19(9-11-21)23-17-25(26-7-4-16-37-26)33(30-23)27(34)18-31-14-12-20(13-15-31)32-24-6-3-2-5-22(24)29-28(32)35/h2-11,16,20,25H,12-15,17-18H2,1H3,(H,29,35). The van der Waals surface area contributed by atoms with Crippen LogP contribution in [0.1, 0.15) is 42.7 Å². The number of carbonyl (C=O) groups is 1. The van der Waals surface area contributed by atoms with Crippen LogP contribution in [0.5, 0.6) is 5.75 Å². The fraction of sp³-hybridized carbons (Fsp3) is 0.321. The van der Waals surface area contributed by atoms with Crippen LogP contribution >= 0.6 is 0 Å². The number of methoxy groups -OCH3 is 1. The molecule has 4 heterocycles. The Balaban J connectivity index is 1.16. The van der Waals surface area contributed by atoms with E-state index in [4.69, 9.17) is 14.3 Å². The molecule has 0 radical (unpaired) electrons. The van der Waals surface area contributed by atoms with Crippen LogP contribution in [-0.4, -0.2) is 57.8 Å². The summed E-state index contributed by atoms with van der Waals surface area (Å²) in [6.07, 6.45) is 3.81. The number of amides is 1. The molecule has 9 heteroatoms. The molecule has 0 spiro atoms. The van der Waals surface area contributed by atoms with Crippen molar-refractivity contribution in [1.82, 2.24) is 19.5 Å². The number of hydrogen-bond acceptors (Lipinski definition) is 6. The van der Waals surface area contributed by atoms with E-state index in [2.05, 4.69) is 9.88 Å². The number of furan rings is 1. The van der Waals surface area contributed by atoms with Crippen LogP contribution < -0.4 is 10.4 Å². The predicted octanol–water partition coefficient (Wildman–Crippen LogP) is 3.95. The third-order valence-corrected chi connectivity index (χ3v) is 7.37. The molecule has 190 valence electrons. The number of aromatic amines is 1. The number of likely N-dealkylation sites (tertiary alicyclic amines) is 1. The van der Waals surface area contributed by atoms with Crippen LogP contribution in [0, 0.1) is 0 Å². The molecule has 1 unspecified atom stereocenters. The number of nitrogens with zero attached hydrogens (tertiary/aromatic N) is 4. The minimum atomic E-state index is -0.276. The van der Waals surface area contributed by atoms with Gasteiger partial charge >= 0.3 is 5.69 Å². The van der Waals surface area contributed by atoms with Gasteiger partial charge in [-0.3, -0.25) is 14.3 Å². The molecule has 1 atom stereocenters. The number of aromatic nitrogens is 2. The maximum atomic E-state index is 13.5. The number of nitrogens with one attached hydrogen (secondary N) is 1. The normalized spacial score (nSPS) is 18.9. The minimum absolute atomic E-state index is 0.0624. The highest BCUT2D eigenvalue weighted by Crippen LogP contribution is 2.34. The summed E-state index contributed by atoms with van der Waals surface area (Å²) < 4.78 is 12.8. The fourth-order valence-electron chi connectivity index (χ4n) is 5.44. The highest BCUT2D eigenvalue weighted by atomic mass is 16.5. The number of rotatable bonds is 6. The first-order valence-electron chi connectivity index (χ1n) is 12.6. The van der Waals surface area contributed by atoms with E-state index in [1.54, 1.807) is 18.4 Å². The molecule has 2 aromatic carbocycles. The summed E-state index contributed by atoms with van der Waals surface area (Å²) in [5.74, 6) is 1.43. The maximum Gasteiger partial charge on any atom is 0.326 e. The number of carbonyl (C=O) groups excluding carboxylic acids is 1. The van der Waals surface area contributed by atoms with Gasteiger partial charge in [-0.15, -0.1) is 0 Å². The highest BCUT2D eigenvalue weighted by Gasteiger charge is 2.36. The molecule has 1 fully saturated rings. The van der Waals surface area contributed by atoms with Gasteiger partial charge in [0.15, 0.2) is 0 Å². The Morgan fingerprint density at radius 3 is 2.59 bits per heavy atom. The lowest BCUT2D eigenvalue weighted by atomic mass is 10.0. The molecule has 9 nitrogen and oxygen atoms in total. The Morgan fingerprint density at radius 1 is 1.08 bits per heavy atom. The molecule has 0 bridgehead atoms. The third-order valence-electron chi connectivity index (χ3n) is 7.37. The molecular weight excluding hydrogens is 470 g/mol. The van der Waals surface area contributed by atoms with E-state index in [1.807, 2.05) is 65.2 Å². The summed E-state index contributed by atoms with van der Waals surface area (Å²) >= 11 is 0. The van der Waals surface area contributed by atoms with E-state index in [0.29, 0.717) is 6.42 Å². The summed E-state index contributed by atoms with van der Waals surface area (Å²) in [5.41, 5.74) is 3.51. The molecule has 0 aliphatic carbocycles. The lowest BCUT2D eigenvalue weighted by Crippen LogP contribution is -2.43. The van der Waals surface area contributed by atoms with Gasteiger partial charge in [-0.05, 0) is 66.9 Å². The van der Waals surface area contributed by atoms with E-state index in [0.717, 1.165) is 59.7 Å². The van der Waals surface area contributed by atoms with Crippen LogP contribution in [0.4, 0.5) is 0 Å². The average molecular weight is 500 g/mol. The average Bonchev–Trinajstić information content (AvgIpc) is 3.67. The van der Waals surface area contributed by atoms with Crippen molar-refractivity contribution in [3.63, 3.8) is 0 Å². The maximum absolute atomic E-state index is 13.5. The van der Waals surface area contributed by atoms with E-state index >= 15 is 0 Å². The number of benzene rings is 2. The number of hydrazone groups is 1. The fourth-order valence-corrected chi connectivity index (χ4v) is 5.44. The monoisotopic (exact) mass is 499 g/mol. The highest BCUT2D eigenvalue weighted by molar-refractivity contribution is 6.03. The lowest BCUT2D eigenvalue weighted by Gasteiger charge is -2.33. The summed E-state index contributed by atoms with van der Waals surface area (Å²) in [7, 11) is 1.64. The first-order valence-corrected chi connectivity index (χ1v) is 12.6. The molecule has 1 N–H and O–H groups in total. The molecule has 2 aliphatic heterocycles. The topological polar surface area (TPSA) is 96.1 Å². The van der Waals surface area contributed by atoms with Crippen molar-refractivity contribution >= 4 is 22.7 Å². The zero-order chi connectivity index (χ0) is 25.4. The van der Waals surface area contributed by atoms with Crippen molar-refractivity contribution in [2.24, 2.45) is 5.10 Å². The summed E-state index contributed by atoms with van der Waals surface area (Å²) in [6.45, 7) is 1.74. The zero-order valence-corrected chi connectivity index (χ0v) is 20.7. The molecule has 37 heavy (non-hydrogen) atoms. The van der Waals surface area contributed by atoms with Crippen molar-refractivity contribution in [3.05, 3.63) is 88.7 Å². The Hall–Kier alpha value is -4.11. The van der Waals surface area contributed by atoms with Crippen molar-refractivity contribution in [2.75, 3.05) is 26.7 Å². The molecule has 1 saturated heterocycles. The Kier molecular flexibility index (Phi) is 6.13. The van der Waals surface area contributed by atoms with Gasteiger partial charge in [-0.25, -0.2) is 9.80 Å². The first-order chi connectivity index (χ1) is 18.1. The van der Waals surface area contributed by atoms with E-state index in [1.165, 1.54) is 0 Å². The van der Waals surface area contributed by atoms with Gasteiger partial charge in [0.1, 0.15) is 17.6 Å². The van der Waals surface area contributed by atoms with Gasteiger partial charge < -0.3 is 14.1 Å². The van der Waals surface area contributed by atoms with Crippen molar-refractivity contribution in [1.29, 1.82) is 0 Å². The van der Waals surface area contributed by atoms with Gasteiger partial charge in [0.25, 0.3) is 5.91 Å². The van der Waals surface area contributed by atoms with Crippen LogP contribution in [0.2, 0.25) is 0 Å². The van der Waals surface area contributed by atoms with Crippen molar-refractivity contribution < 1.29 is 13.9 Å². The first kappa shape index (κ1) is 23.3. The van der Waals surface area contributed by atoms with Crippen molar-refractivity contribution in [2.45, 2.75) is 31.3 Å². The molecule has 2 aliphatic rings. The second-order valence-electron chi connectivity index (χ2n) is 9.57. The summed E-state index contributed by atoms with van der Waals surface area (Å²) in [5, 5.41) is 6.32. The number of para-hydroxylation sites is 2. The summed E-state index contributed by atoms with van der Waals surface area (Å²) in [4.78, 5) is 31.2. The van der Waals surface area contributed by atoms with Crippen LogP contribution in [-0.2, 0) is 4.79 Å². The molecule has 0 saturated carbocycles. The van der Waals surface area contributed by atoms with Crippen LogP contribution in [0.15, 0.2) is 81.2 Å². The number of ether oxygens (including phenoxy) is 1. The SMILES string of the molecule is COc1ccc(C2=NN(C(=O)CN3CCC(n4c(=O)[nH]c5ccccc54)CC3)C(c3ccco3)C2)cc1. The van der Waals surface area contributed by atoms with Crippen LogP contribution in [0.25, 0.3) is 11.0 Å².